The van der Waals surface area contributed by atoms with Gasteiger partial charge in [0.15, 0.2) is 12.0 Å². The van der Waals surface area contributed by atoms with Crippen LogP contribution < -0.4 is 20.1 Å². The quantitative estimate of drug-likeness (QED) is 0.112. The lowest BCUT2D eigenvalue weighted by molar-refractivity contribution is -0.195. The maximum absolute atomic E-state index is 14.4. The first kappa shape index (κ1) is 39.7. The van der Waals surface area contributed by atoms with Crippen LogP contribution in [0.25, 0.3) is 16.9 Å². The average molecular weight is 745 g/mol. The number of carbonyl (C=O) groups is 2. The van der Waals surface area contributed by atoms with E-state index in [-0.39, 0.29) is 29.4 Å². The lowest BCUT2D eigenvalue weighted by atomic mass is 9.48. The molecule has 0 spiro atoms. The second-order valence-corrected chi connectivity index (χ2v) is 16.2. The largest absolute Gasteiger partial charge is 0.496 e. The van der Waals surface area contributed by atoms with Crippen molar-refractivity contribution in [2.75, 3.05) is 61.5 Å². The number of rotatable bonds is 17. The number of benzene rings is 2. The first-order chi connectivity index (χ1) is 25.9. The number of aliphatic hydroxyl groups excluding tert-OH is 1. The molecule has 7 rings (SSSR count). The first-order valence-corrected chi connectivity index (χ1v) is 19.6. The molecule has 0 aliphatic heterocycles. The van der Waals surface area contributed by atoms with Gasteiger partial charge >= 0.3 is 0 Å². The molecule has 1 heterocycles. The van der Waals surface area contributed by atoms with E-state index in [0.717, 1.165) is 63.7 Å². The van der Waals surface area contributed by atoms with E-state index in [0.29, 0.717) is 52.4 Å². The Balaban J connectivity index is 1.34. The standard InChI is InChI=1S/C42H60N6O6/c1-26(2)32-24-29(40(50)47(5)18-10-17-46(4)16-9-15-43-3)13-14-34(32)48-35(38-36(53-6)11-8-12-37(38)54-7)25-33(45-48)39(49)44-42(41(51)52)30-20-27-19-28(22-30)23-31(42)21-27/h8,11-14,24-28,30-31,41,43,51-52H,9-10,15-23H2,1-7H3,(H,44,49). The highest BCUT2D eigenvalue weighted by molar-refractivity contribution is 5.96. The molecule has 4 bridgehead atoms. The van der Waals surface area contributed by atoms with Crippen molar-refractivity contribution in [2.45, 2.75) is 76.5 Å². The molecule has 12 heteroatoms. The number of carbonyl (C=O) groups excluding carboxylic acids is 2. The minimum Gasteiger partial charge on any atom is -0.496 e. The normalized spacial score (nSPS) is 23.0. The molecule has 294 valence electrons. The summed E-state index contributed by atoms with van der Waals surface area (Å²) in [6.45, 7) is 7.66. The van der Waals surface area contributed by atoms with Crippen LogP contribution in [0.3, 0.4) is 0 Å². The van der Waals surface area contributed by atoms with Crippen molar-refractivity contribution in [1.82, 2.24) is 30.2 Å². The van der Waals surface area contributed by atoms with Gasteiger partial charge in [-0.1, -0.05) is 19.9 Å². The van der Waals surface area contributed by atoms with Gasteiger partial charge in [-0.15, -0.1) is 0 Å². The third-order valence-electron chi connectivity index (χ3n) is 12.3. The Labute approximate surface area is 320 Å². The van der Waals surface area contributed by atoms with Gasteiger partial charge in [-0.2, -0.15) is 5.10 Å². The third-order valence-corrected chi connectivity index (χ3v) is 12.3. The van der Waals surface area contributed by atoms with E-state index in [1.165, 1.54) is 6.42 Å². The fourth-order valence-corrected chi connectivity index (χ4v) is 9.75. The van der Waals surface area contributed by atoms with Crippen molar-refractivity contribution in [2.24, 2.45) is 23.7 Å². The summed E-state index contributed by atoms with van der Waals surface area (Å²) in [6, 6.07) is 12.9. The van der Waals surface area contributed by atoms with Crippen LogP contribution in [-0.2, 0) is 0 Å². The minimum absolute atomic E-state index is 0.000869. The molecule has 4 aliphatic carbocycles. The van der Waals surface area contributed by atoms with Gasteiger partial charge in [0.05, 0.1) is 36.7 Å². The Hall–Kier alpha value is -3.97. The molecule has 4 N–H and O–H groups in total. The molecule has 2 aromatic carbocycles. The number of aromatic nitrogens is 2. The number of amides is 2. The summed E-state index contributed by atoms with van der Waals surface area (Å²) in [4.78, 5) is 32.2. The van der Waals surface area contributed by atoms with E-state index in [9.17, 15) is 19.8 Å². The molecule has 0 unspecified atom stereocenters. The summed E-state index contributed by atoms with van der Waals surface area (Å²) in [5.41, 5.74) is 2.36. The lowest BCUT2D eigenvalue weighted by Gasteiger charge is -2.61. The van der Waals surface area contributed by atoms with Crippen LogP contribution in [0, 0.1) is 23.7 Å². The highest BCUT2D eigenvalue weighted by Crippen LogP contribution is 2.59. The first-order valence-electron chi connectivity index (χ1n) is 19.6. The fraction of sp³-hybridized carbons (Fsp3) is 0.595. The summed E-state index contributed by atoms with van der Waals surface area (Å²) in [5, 5.41) is 33.2. The Morgan fingerprint density at radius 1 is 0.926 bits per heavy atom. The highest BCUT2D eigenvalue weighted by atomic mass is 16.5. The molecule has 0 saturated heterocycles. The summed E-state index contributed by atoms with van der Waals surface area (Å²) < 4.78 is 13.4. The summed E-state index contributed by atoms with van der Waals surface area (Å²) in [6.07, 6.45) is 4.99. The van der Waals surface area contributed by atoms with Gasteiger partial charge in [0.25, 0.3) is 11.8 Å². The van der Waals surface area contributed by atoms with Crippen LogP contribution >= 0.6 is 0 Å². The minimum atomic E-state index is -1.69. The van der Waals surface area contributed by atoms with E-state index < -0.39 is 17.7 Å². The average Bonchev–Trinajstić information content (AvgIpc) is 3.60. The van der Waals surface area contributed by atoms with E-state index in [1.807, 2.05) is 50.5 Å². The zero-order valence-corrected chi connectivity index (χ0v) is 33.1. The Morgan fingerprint density at radius 2 is 1.56 bits per heavy atom. The molecular formula is C42H60N6O6. The van der Waals surface area contributed by atoms with Gasteiger partial charge in [-0.25, -0.2) is 4.68 Å². The fourth-order valence-electron chi connectivity index (χ4n) is 9.75. The van der Waals surface area contributed by atoms with Gasteiger partial charge in [-0.05, 0) is 150 Å². The smallest absolute Gasteiger partial charge is 0.272 e. The maximum atomic E-state index is 14.4. The highest BCUT2D eigenvalue weighted by Gasteiger charge is 2.61. The van der Waals surface area contributed by atoms with E-state index in [4.69, 9.17) is 14.6 Å². The van der Waals surface area contributed by atoms with Crippen LogP contribution in [0.5, 0.6) is 11.5 Å². The second-order valence-electron chi connectivity index (χ2n) is 16.2. The zero-order chi connectivity index (χ0) is 38.7. The predicted octanol–water partition coefficient (Wildman–Crippen LogP) is 4.92. The van der Waals surface area contributed by atoms with Gasteiger partial charge in [0.1, 0.15) is 11.5 Å². The summed E-state index contributed by atoms with van der Waals surface area (Å²) >= 11 is 0. The number of hydrogen-bond donors (Lipinski definition) is 4. The summed E-state index contributed by atoms with van der Waals surface area (Å²) in [5.74, 6) is 1.69. The molecule has 2 amide bonds. The topological polar surface area (TPSA) is 141 Å². The monoisotopic (exact) mass is 744 g/mol. The number of aliphatic hydroxyl groups is 2. The molecule has 12 nitrogen and oxygen atoms in total. The Bertz CT molecular complexity index is 1740. The molecule has 4 saturated carbocycles. The van der Waals surface area contributed by atoms with Crippen molar-refractivity contribution in [3.8, 4) is 28.4 Å². The van der Waals surface area contributed by atoms with Crippen LogP contribution in [-0.4, -0.2) is 115 Å². The zero-order valence-electron chi connectivity index (χ0n) is 33.1. The molecular weight excluding hydrogens is 684 g/mol. The maximum Gasteiger partial charge on any atom is 0.272 e. The lowest BCUT2D eigenvalue weighted by Crippen LogP contribution is -2.71. The van der Waals surface area contributed by atoms with Gasteiger partial charge in [-0.3, -0.25) is 9.59 Å². The van der Waals surface area contributed by atoms with Crippen molar-refractivity contribution in [1.29, 1.82) is 0 Å². The number of ether oxygens (including phenoxy) is 2. The van der Waals surface area contributed by atoms with Crippen molar-refractivity contribution in [3.05, 3.63) is 59.3 Å². The van der Waals surface area contributed by atoms with Gasteiger partial charge < -0.3 is 40.1 Å². The second kappa shape index (κ2) is 16.8. The number of nitrogens with one attached hydrogen (secondary N) is 2. The van der Waals surface area contributed by atoms with Crippen LogP contribution in [0.2, 0.25) is 0 Å². The molecule has 54 heavy (non-hydrogen) atoms. The molecule has 4 aliphatic rings. The van der Waals surface area contributed by atoms with Crippen LogP contribution in [0.4, 0.5) is 0 Å². The van der Waals surface area contributed by atoms with E-state index in [1.54, 1.807) is 29.9 Å². The van der Waals surface area contributed by atoms with Crippen molar-refractivity contribution >= 4 is 11.8 Å². The van der Waals surface area contributed by atoms with Crippen molar-refractivity contribution < 1.29 is 29.3 Å². The Kier molecular flexibility index (Phi) is 12.4. The SMILES string of the molecule is CNCCCN(C)CCCN(C)C(=O)c1ccc(-n2nc(C(=O)NC3(C(O)O)C4CC5CC(C4)CC3C5)cc2-c2c(OC)cccc2OC)c(C(C)C)c1. The molecule has 1 aromatic heterocycles. The predicted molar refractivity (Wildman–Crippen MR) is 209 cm³/mol. The van der Waals surface area contributed by atoms with Crippen LogP contribution in [0.15, 0.2) is 42.5 Å². The molecule has 4 fully saturated rings. The molecule has 3 aromatic rings. The van der Waals surface area contributed by atoms with E-state index >= 15 is 0 Å². The molecule has 0 atom stereocenters. The summed E-state index contributed by atoms with van der Waals surface area (Å²) in [7, 11) is 9.09. The number of methoxy groups -OCH3 is 2. The Morgan fingerprint density at radius 3 is 2.13 bits per heavy atom. The van der Waals surface area contributed by atoms with Gasteiger partial charge in [0, 0.05) is 19.2 Å². The third kappa shape index (κ3) is 7.76. The number of hydrogen-bond acceptors (Lipinski definition) is 9. The van der Waals surface area contributed by atoms with E-state index in [2.05, 4.69) is 36.4 Å². The van der Waals surface area contributed by atoms with Crippen LogP contribution in [0.1, 0.15) is 91.1 Å². The number of nitrogens with zero attached hydrogens (tertiary/aromatic N) is 4. The molecule has 0 radical (unpaired) electrons. The van der Waals surface area contributed by atoms with Crippen molar-refractivity contribution in [3.63, 3.8) is 0 Å². The van der Waals surface area contributed by atoms with Gasteiger partial charge in [0.2, 0.25) is 0 Å².